The summed E-state index contributed by atoms with van der Waals surface area (Å²) in [4.78, 5) is 52.4. The van der Waals surface area contributed by atoms with Crippen LogP contribution in [0.3, 0.4) is 0 Å². The van der Waals surface area contributed by atoms with E-state index in [1.807, 2.05) is 30.3 Å². The van der Waals surface area contributed by atoms with Gasteiger partial charge in [0, 0.05) is 32.1 Å². The lowest BCUT2D eigenvalue weighted by atomic mass is 9.94. The van der Waals surface area contributed by atoms with Gasteiger partial charge in [0.25, 0.3) is 5.91 Å². The van der Waals surface area contributed by atoms with Crippen LogP contribution in [0.2, 0.25) is 0 Å². The molecule has 1 N–H and O–H groups in total. The van der Waals surface area contributed by atoms with Gasteiger partial charge in [-0.1, -0.05) is 18.2 Å². The second kappa shape index (κ2) is 7.81. The van der Waals surface area contributed by atoms with Crippen molar-refractivity contribution in [3.63, 3.8) is 0 Å². The SMILES string of the molecule is CCN1C(=O)C2CC(c3ccc(N4C[C@H](CNC(C)=O)OC4=O)cc3)=CCN2C1=O. The molecule has 30 heavy (non-hydrogen) atoms. The first-order valence-electron chi connectivity index (χ1n) is 10.0. The average Bonchev–Trinajstić information content (AvgIpc) is 3.23. The number of carbonyl (C=O) groups is 4. The highest BCUT2D eigenvalue weighted by Gasteiger charge is 2.45. The fourth-order valence-corrected chi connectivity index (χ4v) is 4.08. The number of fused-ring (bicyclic) bond motifs is 1. The van der Waals surface area contributed by atoms with Crippen molar-refractivity contribution in [2.24, 2.45) is 0 Å². The van der Waals surface area contributed by atoms with Gasteiger partial charge in [0.15, 0.2) is 0 Å². The van der Waals surface area contributed by atoms with E-state index in [4.69, 9.17) is 4.74 Å². The molecule has 3 aliphatic heterocycles. The maximum atomic E-state index is 12.5. The molecule has 2 atom stereocenters. The zero-order valence-corrected chi connectivity index (χ0v) is 17.0. The Bertz CT molecular complexity index is 926. The van der Waals surface area contributed by atoms with Crippen molar-refractivity contribution in [1.29, 1.82) is 0 Å². The second-order valence-corrected chi connectivity index (χ2v) is 7.57. The van der Waals surface area contributed by atoms with Crippen molar-refractivity contribution in [3.05, 3.63) is 35.9 Å². The Kier molecular flexibility index (Phi) is 5.19. The Morgan fingerprint density at radius 1 is 1.20 bits per heavy atom. The minimum atomic E-state index is -0.444. The maximum absolute atomic E-state index is 12.5. The molecule has 0 spiro atoms. The standard InChI is InChI=1S/C21H24N4O5/c1-3-23-19(27)18-10-15(8-9-24(18)20(23)28)14-4-6-16(7-5-14)25-12-17(30-21(25)29)11-22-13(2)26/h4-8,17-18H,3,9-12H2,1-2H3,(H,22,26)/t17-,18?/m0/s1. The van der Waals surface area contributed by atoms with Crippen molar-refractivity contribution in [3.8, 4) is 0 Å². The van der Waals surface area contributed by atoms with Crippen molar-refractivity contribution in [1.82, 2.24) is 15.1 Å². The van der Waals surface area contributed by atoms with Crippen LogP contribution in [0.5, 0.6) is 0 Å². The van der Waals surface area contributed by atoms with Crippen LogP contribution in [0.15, 0.2) is 30.3 Å². The van der Waals surface area contributed by atoms with Crippen molar-refractivity contribution >= 4 is 35.2 Å². The molecule has 3 aliphatic rings. The number of nitrogens with one attached hydrogen (secondary N) is 1. The minimum Gasteiger partial charge on any atom is -0.442 e. The summed E-state index contributed by atoms with van der Waals surface area (Å²) in [7, 11) is 0. The molecule has 9 nitrogen and oxygen atoms in total. The molecule has 1 unspecified atom stereocenters. The van der Waals surface area contributed by atoms with Crippen molar-refractivity contribution < 1.29 is 23.9 Å². The number of urea groups is 1. The minimum absolute atomic E-state index is 0.144. The lowest BCUT2D eigenvalue weighted by Crippen LogP contribution is -2.38. The lowest BCUT2D eigenvalue weighted by Gasteiger charge is -2.26. The zero-order valence-electron chi connectivity index (χ0n) is 17.0. The summed E-state index contributed by atoms with van der Waals surface area (Å²) in [5, 5.41) is 2.66. The van der Waals surface area contributed by atoms with E-state index in [2.05, 4.69) is 5.32 Å². The third-order valence-corrected chi connectivity index (χ3v) is 5.67. The Balaban J connectivity index is 1.44. The van der Waals surface area contributed by atoms with Gasteiger partial charge in [-0.2, -0.15) is 0 Å². The molecule has 4 rings (SSSR count). The molecule has 5 amide bonds. The van der Waals surface area contributed by atoms with Crippen LogP contribution in [0.1, 0.15) is 25.8 Å². The highest BCUT2D eigenvalue weighted by molar-refractivity contribution is 6.05. The Labute approximate surface area is 174 Å². The summed E-state index contributed by atoms with van der Waals surface area (Å²) in [5.41, 5.74) is 2.67. The molecule has 0 aliphatic carbocycles. The van der Waals surface area contributed by atoms with Crippen molar-refractivity contribution in [2.75, 3.05) is 31.1 Å². The van der Waals surface area contributed by atoms with E-state index < -0.39 is 12.1 Å². The van der Waals surface area contributed by atoms with Crippen LogP contribution in [0.4, 0.5) is 15.3 Å². The van der Waals surface area contributed by atoms with Gasteiger partial charge in [-0.15, -0.1) is 0 Å². The number of anilines is 1. The Morgan fingerprint density at radius 2 is 1.93 bits per heavy atom. The summed E-state index contributed by atoms with van der Waals surface area (Å²) in [6, 6.07) is 6.82. The number of imide groups is 1. The van der Waals surface area contributed by atoms with Crippen LogP contribution in [-0.4, -0.2) is 72.1 Å². The number of ether oxygens (including phenoxy) is 1. The van der Waals surface area contributed by atoms with E-state index >= 15 is 0 Å². The number of hydrogen-bond donors (Lipinski definition) is 1. The molecule has 2 saturated heterocycles. The first-order chi connectivity index (χ1) is 14.4. The summed E-state index contributed by atoms with van der Waals surface area (Å²) < 4.78 is 5.30. The average molecular weight is 412 g/mol. The van der Waals surface area contributed by atoms with E-state index in [-0.39, 0.29) is 30.5 Å². The molecule has 2 fully saturated rings. The van der Waals surface area contributed by atoms with Gasteiger partial charge in [-0.25, -0.2) is 9.59 Å². The molecule has 1 aromatic carbocycles. The normalized spacial score (nSPS) is 23.5. The molecule has 158 valence electrons. The van der Waals surface area contributed by atoms with Crippen molar-refractivity contribution in [2.45, 2.75) is 32.4 Å². The topological polar surface area (TPSA) is 99.3 Å². The van der Waals surface area contributed by atoms with Gasteiger partial charge >= 0.3 is 12.1 Å². The van der Waals surface area contributed by atoms with Gasteiger partial charge in [-0.3, -0.25) is 19.4 Å². The number of hydrogen-bond acceptors (Lipinski definition) is 5. The van der Waals surface area contributed by atoms with E-state index in [0.29, 0.717) is 31.7 Å². The highest BCUT2D eigenvalue weighted by atomic mass is 16.6. The van der Waals surface area contributed by atoms with Crippen LogP contribution >= 0.6 is 0 Å². The van der Waals surface area contributed by atoms with Crippen LogP contribution < -0.4 is 10.2 Å². The number of likely N-dealkylation sites (N-methyl/N-ethyl adjacent to an activating group) is 1. The third kappa shape index (κ3) is 3.51. The van der Waals surface area contributed by atoms with Crippen LogP contribution in [0.25, 0.3) is 5.57 Å². The smallest absolute Gasteiger partial charge is 0.414 e. The van der Waals surface area contributed by atoms with Gasteiger partial charge in [0.05, 0.1) is 13.1 Å². The zero-order chi connectivity index (χ0) is 21.4. The fourth-order valence-electron chi connectivity index (χ4n) is 4.08. The number of nitrogens with zero attached hydrogens (tertiary/aromatic N) is 3. The quantitative estimate of drug-likeness (QED) is 0.741. The van der Waals surface area contributed by atoms with Gasteiger partial charge < -0.3 is 15.0 Å². The lowest BCUT2D eigenvalue weighted by molar-refractivity contribution is -0.128. The summed E-state index contributed by atoms with van der Waals surface area (Å²) in [6.45, 7) is 4.64. The monoisotopic (exact) mass is 412 g/mol. The molecule has 0 radical (unpaired) electrons. The summed E-state index contributed by atoms with van der Waals surface area (Å²) >= 11 is 0. The third-order valence-electron chi connectivity index (χ3n) is 5.67. The molecule has 0 aromatic heterocycles. The Morgan fingerprint density at radius 3 is 2.60 bits per heavy atom. The second-order valence-electron chi connectivity index (χ2n) is 7.57. The summed E-state index contributed by atoms with van der Waals surface area (Å²) in [6.07, 6.45) is 1.62. The molecular weight excluding hydrogens is 388 g/mol. The highest BCUT2D eigenvalue weighted by Crippen LogP contribution is 2.33. The van der Waals surface area contributed by atoms with E-state index in [1.165, 1.54) is 16.7 Å². The maximum Gasteiger partial charge on any atom is 0.414 e. The molecule has 0 bridgehead atoms. The first-order valence-corrected chi connectivity index (χ1v) is 10.0. The number of benzene rings is 1. The first kappa shape index (κ1) is 19.9. The predicted molar refractivity (Wildman–Crippen MR) is 109 cm³/mol. The predicted octanol–water partition coefficient (Wildman–Crippen LogP) is 1.59. The molecule has 0 saturated carbocycles. The van der Waals surface area contributed by atoms with E-state index in [9.17, 15) is 19.2 Å². The molecule has 9 heteroatoms. The number of rotatable bonds is 5. The number of cyclic esters (lactones) is 1. The molecule has 3 heterocycles. The van der Waals surface area contributed by atoms with Gasteiger partial charge in [0.1, 0.15) is 12.1 Å². The molecule has 1 aromatic rings. The summed E-state index contributed by atoms with van der Waals surface area (Å²) in [5.74, 6) is -0.313. The molecular formula is C21H24N4O5. The number of amides is 5. The van der Waals surface area contributed by atoms with E-state index in [0.717, 1.165) is 11.1 Å². The van der Waals surface area contributed by atoms with Gasteiger partial charge in [-0.05, 0) is 30.2 Å². The van der Waals surface area contributed by atoms with Crippen LogP contribution in [0, 0.1) is 0 Å². The van der Waals surface area contributed by atoms with Gasteiger partial charge in [0.2, 0.25) is 5.91 Å². The Hall–Kier alpha value is -3.36. The fraction of sp³-hybridized carbons (Fsp3) is 0.429. The van der Waals surface area contributed by atoms with Crippen LogP contribution in [-0.2, 0) is 14.3 Å². The number of carbonyl (C=O) groups excluding carboxylic acids is 4. The largest absolute Gasteiger partial charge is 0.442 e. The van der Waals surface area contributed by atoms with E-state index in [1.54, 1.807) is 11.8 Å².